The number of hydrogen-bond acceptors (Lipinski definition) is 3. The lowest BCUT2D eigenvalue weighted by atomic mass is 9.95. The van der Waals surface area contributed by atoms with Crippen molar-refractivity contribution in [3.05, 3.63) is 29.6 Å². The highest BCUT2D eigenvalue weighted by atomic mass is 15.3. The van der Waals surface area contributed by atoms with E-state index in [0.29, 0.717) is 6.04 Å². The lowest BCUT2D eigenvalue weighted by molar-refractivity contribution is 0.350. The number of anilines is 1. The minimum atomic E-state index is 0.548. The first-order chi connectivity index (χ1) is 9.66. The van der Waals surface area contributed by atoms with E-state index in [0.717, 1.165) is 28.5 Å². The summed E-state index contributed by atoms with van der Waals surface area (Å²) < 4.78 is 2.32. The molecule has 3 rings (SSSR count). The quantitative estimate of drug-likeness (QED) is 0.847. The molecule has 20 heavy (non-hydrogen) atoms. The van der Waals surface area contributed by atoms with Gasteiger partial charge in [-0.05, 0) is 50.5 Å². The number of hydrogen-bond donors (Lipinski definition) is 1. The normalized spacial score (nSPS) is 16.5. The lowest BCUT2D eigenvalue weighted by Gasteiger charge is -2.25. The van der Waals surface area contributed by atoms with Crippen LogP contribution in [0.15, 0.2) is 18.2 Å². The van der Waals surface area contributed by atoms with Crippen LogP contribution in [0, 0.1) is 13.8 Å². The van der Waals surface area contributed by atoms with Crippen LogP contribution in [0.2, 0.25) is 0 Å². The number of rotatable bonds is 2. The second-order valence-corrected chi connectivity index (χ2v) is 5.80. The Labute approximate surface area is 120 Å². The van der Waals surface area contributed by atoms with Crippen LogP contribution in [0.25, 0.3) is 11.4 Å². The van der Waals surface area contributed by atoms with E-state index >= 15 is 0 Å². The Morgan fingerprint density at radius 1 is 1.10 bits per heavy atom. The molecule has 0 spiro atoms. The topological polar surface area (TPSA) is 56.7 Å². The number of nitrogens with zero attached hydrogens (tertiary/aromatic N) is 3. The molecule has 2 N–H and O–H groups in total. The lowest BCUT2D eigenvalue weighted by Crippen LogP contribution is -2.15. The molecule has 1 aromatic heterocycles. The molecule has 2 aromatic rings. The van der Waals surface area contributed by atoms with Crippen molar-refractivity contribution in [3.8, 4) is 11.4 Å². The minimum absolute atomic E-state index is 0.548. The van der Waals surface area contributed by atoms with Gasteiger partial charge < -0.3 is 10.3 Å². The maximum Gasteiger partial charge on any atom is 0.164 e. The second-order valence-electron chi connectivity index (χ2n) is 5.80. The summed E-state index contributed by atoms with van der Waals surface area (Å²) in [5.74, 6) is 2.00. The number of aryl methyl sites for hydroxylation is 2. The van der Waals surface area contributed by atoms with Crippen LogP contribution >= 0.6 is 0 Å². The van der Waals surface area contributed by atoms with Gasteiger partial charge in [-0.2, -0.15) is 0 Å². The summed E-state index contributed by atoms with van der Waals surface area (Å²) in [5, 5.41) is 8.71. The Morgan fingerprint density at radius 2 is 1.85 bits per heavy atom. The summed E-state index contributed by atoms with van der Waals surface area (Å²) in [7, 11) is 0. The average Bonchev–Trinajstić information content (AvgIpc) is 2.85. The van der Waals surface area contributed by atoms with Gasteiger partial charge in [0.1, 0.15) is 5.82 Å². The molecule has 1 fully saturated rings. The molecule has 0 amide bonds. The number of benzene rings is 1. The van der Waals surface area contributed by atoms with E-state index in [1.54, 1.807) is 0 Å². The average molecular weight is 270 g/mol. The van der Waals surface area contributed by atoms with Crippen molar-refractivity contribution in [3.63, 3.8) is 0 Å². The van der Waals surface area contributed by atoms with Crippen LogP contribution in [0.3, 0.4) is 0 Å². The van der Waals surface area contributed by atoms with Crippen molar-refractivity contribution in [1.29, 1.82) is 0 Å². The summed E-state index contributed by atoms with van der Waals surface area (Å²) in [6, 6.07) is 6.66. The number of nitrogen functional groups attached to an aromatic ring is 1. The van der Waals surface area contributed by atoms with Gasteiger partial charge in [-0.25, -0.2) is 0 Å². The van der Waals surface area contributed by atoms with Gasteiger partial charge in [0.25, 0.3) is 0 Å². The summed E-state index contributed by atoms with van der Waals surface area (Å²) in [4.78, 5) is 0. The first-order valence-electron chi connectivity index (χ1n) is 7.45. The van der Waals surface area contributed by atoms with Gasteiger partial charge in [0, 0.05) is 17.3 Å². The van der Waals surface area contributed by atoms with Gasteiger partial charge in [0.15, 0.2) is 5.82 Å². The largest absolute Gasteiger partial charge is 0.399 e. The monoisotopic (exact) mass is 270 g/mol. The molecule has 1 heterocycles. The van der Waals surface area contributed by atoms with Crippen molar-refractivity contribution in [1.82, 2.24) is 14.8 Å². The van der Waals surface area contributed by atoms with Crippen LogP contribution in [0.1, 0.15) is 49.5 Å². The molecule has 4 heteroatoms. The molecule has 0 atom stereocenters. The maximum absolute atomic E-state index is 5.91. The van der Waals surface area contributed by atoms with E-state index in [4.69, 9.17) is 5.73 Å². The zero-order valence-electron chi connectivity index (χ0n) is 12.3. The van der Waals surface area contributed by atoms with Crippen molar-refractivity contribution < 1.29 is 0 Å². The van der Waals surface area contributed by atoms with Crippen molar-refractivity contribution in [2.24, 2.45) is 0 Å². The van der Waals surface area contributed by atoms with Crippen LogP contribution < -0.4 is 5.73 Å². The van der Waals surface area contributed by atoms with Crippen molar-refractivity contribution >= 4 is 5.69 Å². The Morgan fingerprint density at radius 3 is 2.55 bits per heavy atom. The van der Waals surface area contributed by atoms with Gasteiger partial charge in [-0.15, -0.1) is 10.2 Å². The molecule has 0 radical (unpaired) electrons. The third-order valence-electron chi connectivity index (χ3n) is 4.33. The fourth-order valence-corrected chi connectivity index (χ4v) is 3.16. The van der Waals surface area contributed by atoms with Gasteiger partial charge in [0.2, 0.25) is 0 Å². The third kappa shape index (κ3) is 2.30. The molecule has 1 aliphatic rings. The van der Waals surface area contributed by atoms with E-state index in [1.807, 2.05) is 19.1 Å². The fraction of sp³-hybridized carbons (Fsp3) is 0.500. The summed E-state index contributed by atoms with van der Waals surface area (Å²) in [6.45, 7) is 4.09. The zero-order chi connectivity index (χ0) is 14.1. The fourth-order valence-electron chi connectivity index (χ4n) is 3.16. The van der Waals surface area contributed by atoms with Crippen LogP contribution in [0.4, 0.5) is 5.69 Å². The molecule has 0 bridgehead atoms. The highest BCUT2D eigenvalue weighted by molar-refractivity contribution is 5.62. The molecular formula is C16H22N4. The number of aromatic nitrogens is 3. The van der Waals surface area contributed by atoms with E-state index < -0.39 is 0 Å². The molecule has 0 saturated heterocycles. The molecule has 4 nitrogen and oxygen atoms in total. The van der Waals surface area contributed by atoms with E-state index in [9.17, 15) is 0 Å². The van der Waals surface area contributed by atoms with Crippen molar-refractivity contribution in [2.75, 3.05) is 5.73 Å². The van der Waals surface area contributed by atoms with Crippen LogP contribution in [-0.4, -0.2) is 14.8 Å². The third-order valence-corrected chi connectivity index (χ3v) is 4.33. The summed E-state index contributed by atoms with van der Waals surface area (Å²) >= 11 is 0. The molecule has 0 unspecified atom stereocenters. The molecular weight excluding hydrogens is 248 g/mol. The zero-order valence-corrected chi connectivity index (χ0v) is 12.3. The van der Waals surface area contributed by atoms with Gasteiger partial charge in [0.05, 0.1) is 0 Å². The van der Waals surface area contributed by atoms with Gasteiger partial charge in [-0.3, -0.25) is 0 Å². The Kier molecular flexibility index (Phi) is 3.47. The SMILES string of the molecule is Cc1cc(-c2nnc(C)n2C2CCCCC2)ccc1N. The van der Waals surface area contributed by atoms with Gasteiger partial charge in [-0.1, -0.05) is 19.3 Å². The predicted octanol–water partition coefficient (Wildman–Crippen LogP) is 3.65. The van der Waals surface area contributed by atoms with Gasteiger partial charge >= 0.3 is 0 Å². The standard InChI is InChI=1S/C16H22N4/c1-11-10-13(8-9-15(11)17)16-19-18-12(2)20(16)14-6-4-3-5-7-14/h8-10,14H,3-7,17H2,1-2H3. The Balaban J connectivity index is 2.03. The highest BCUT2D eigenvalue weighted by Crippen LogP contribution is 2.33. The van der Waals surface area contributed by atoms with Crippen molar-refractivity contribution in [2.45, 2.75) is 52.0 Å². The molecule has 1 aromatic carbocycles. The minimum Gasteiger partial charge on any atom is -0.399 e. The Hall–Kier alpha value is -1.84. The number of nitrogens with two attached hydrogens (primary N) is 1. The smallest absolute Gasteiger partial charge is 0.164 e. The molecule has 1 aliphatic carbocycles. The van der Waals surface area contributed by atoms with Crippen LogP contribution in [0.5, 0.6) is 0 Å². The second kappa shape index (κ2) is 5.27. The van der Waals surface area contributed by atoms with E-state index in [1.165, 1.54) is 32.1 Å². The predicted molar refractivity (Wildman–Crippen MR) is 81.5 cm³/mol. The van der Waals surface area contributed by atoms with E-state index in [-0.39, 0.29) is 0 Å². The highest BCUT2D eigenvalue weighted by Gasteiger charge is 2.21. The first-order valence-corrected chi connectivity index (χ1v) is 7.45. The van der Waals surface area contributed by atoms with Crippen LogP contribution in [-0.2, 0) is 0 Å². The molecule has 1 saturated carbocycles. The molecule has 0 aliphatic heterocycles. The first kappa shape index (κ1) is 13.2. The maximum atomic E-state index is 5.91. The summed E-state index contributed by atoms with van der Waals surface area (Å²) in [5.41, 5.74) is 8.95. The Bertz CT molecular complexity index is 609. The molecule has 106 valence electrons. The summed E-state index contributed by atoms with van der Waals surface area (Å²) in [6.07, 6.45) is 6.44. The van der Waals surface area contributed by atoms with E-state index in [2.05, 4.69) is 27.8 Å².